The van der Waals surface area contributed by atoms with Crippen molar-refractivity contribution < 1.29 is 4.42 Å². The fourth-order valence-electron chi connectivity index (χ4n) is 7.54. The Morgan fingerprint density at radius 1 is 0.385 bits per heavy atom. The number of para-hydroxylation sites is 1. The van der Waals surface area contributed by atoms with Crippen LogP contribution in [0.2, 0.25) is 0 Å². The number of furan rings is 1. The molecule has 3 heteroatoms. The molecule has 10 rings (SSSR count). The van der Waals surface area contributed by atoms with Gasteiger partial charge < -0.3 is 9.32 Å². The summed E-state index contributed by atoms with van der Waals surface area (Å²) in [5.41, 5.74) is 12.9. The van der Waals surface area contributed by atoms with Crippen molar-refractivity contribution in [3.05, 3.63) is 194 Å². The minimum Gasteiger partial charge on any atom is -0.454 e. The van der Waals surface area contributed by atoms with Crippen LogP contribution in [-0.2, 0) is 0 Å². The van der Waals surface area contributed by atoms with Crippen LogP contribution in [0.1, 0.15) is 0 Å². The Kier molecular flexibility index (Phi) is 7.14. The van der Waals surface area contributed by atoms with Crippen molar-refractivity contribution in [2.45, 2.75) is 0 Å². The standard InChI is InChI=1S/C49H32N2O/c1-2-10-33(11-3-1)35-24-28-39(29-25-35)51(46-18-9-17-43-45(46)32-50-48-44-15-6-7-19-47(44)52-49(43)48)40-30-26-36(27-31-40)34-20-22-38(23-21-34)42-16-8-13-37-12-4-5-14-41(37)42/h1-32H. The maximum Gasteiger partial charge on any atom is 0.161 e. The molecule has 52 heavy (non-hydrogen) atoms. The van der Waals surface area contributed by atoms with E-state index in [2.05, 4.69) is 175 Å². The molecule has 0 saturated heterocycles. The number of benzene rings is 8. The van der Waals surface area contributed by atoms with Crippen LogP contribution in [-0.4, -0.2) is 4.98 Å². The monoisotopic (exact) mass is 664 g/mol. The van der Waals surface area contributed by atoms with Crippen molar-refractivity contribution >= 4 is 60.7 Å². The molecular weight excluding hydrogens is 633 g/mol. The van der Waals surface area contributed by atoms with Gasteiger partial charge in [-0.2, -0.15) is 0 Å². The number of hydrogen-bond donors (Lipinski definition) is 0. The molecular formula is C49H32N2O. The van der Waals surface area contributed by atoms with Gasteiger partial charge in [-0.3, -0.25) is 4.98 Å². The Bertz CT molecular complexity index is 2870. The predicted octanol–water partition coefficient (Wildman–Crippen LogP) is 13.8. The van der Waals surface area contributed by atoms with Crippen molar-refractivity contribution in [3.63, 3.8) is 0 Å². The van der Waals surface area contributed by atoms with Gasteiger partial charge in [0.2, 0.25) is 0 Å². The molecule has 0 radical (unpaired) electrons. The second-order valence-electron chi connectivity index (χ2n) is 13.2. The highest BCUT2D eigenvalue weighted by Gasteiger charge is 2.19. The molecule has 0 aliphatic heterocycles. The van der Waals surface area contributed by atoms with Gasteiger partial charge in [-0.1, -0.05) is 146 Å². The van der Waals surface area contributed by atoms with Crippen LogP contribution in [0.15, 0.2) is 199 Å². The molecule has 3 nitrogen and oxygen atoms in total. The molecule has 0 spiro atoms. The van der Waals surface area contributed by atoms with Crippen LogP contribution >= 0.6 is 0 Å². The number of hydrogen-bond acceptors (Lipinski definition) is 3. The molecule has 0 unspecified atom stereocenters. The van der Waals surface area contributed by atoms with Crippen LogP contribution in [0.4, 0.5) is 17.1 Å². The molecule has 0 N–H and O–H groups in total. The minimum atomic E-state index is 0.808. The fraction of sp³-hybridized carbons (Fsp3) is 0. The van der Waals surface area contributed by atoms with E-state index in [0.29, 0.717) is 0 Å². The average Bonchev–Trinajstić information content (AvgIpc) is 3.61. The molecule has 0 aliphatic carbocycles. The van der Waals surface area contributed by atoms with Gasteiger partial charge in [-0.05, 0) is 86.6 Å². The third-order valence-electron chi connectivity index (χ3n) is 10.1. The van der Waals surface area contributed by atoms with E-state index in [9.17, 15) is 0 Å². The lowest BCUT2D eigenvalue weighted by molar-refractivity contribution is 0.672. The maximum atomic E-state index is 6.42. The molecule has 0 fully saturated rings. The zero-order valence-corrected chi connectivity index (χ0v) is 28.3. The lowest BCUT2D eigenvalue weighted by Crippen LogP contribution is -2.10. The van der Waals surface area contributed by atoms with Crippen LogP contribution in [0.25, 0.3) is 77.0 Å². The highest BCUT2D eigenvalue weighted by molar-refractivity contribution is 6.15. The fourth-order valence-corrected chi connectivity index (χ4v) is 7.54. The summed E-state index contributed by atoms with van der Waals surface area (Å²) in [5, 5.41) is 5.60. The Morgan fingerprint density at radius 2 is 0.923 bits per heavy atom. The first-order chi connectivity index (χ1) is 25.8. The Hall–Kier alpha value is -6.97. The van der Waals surface area contributed by atoms with Gasteiger partial charge in [-0.15, -0.1) is 0 Å². The molecule has 8 aromatic carbocycles. The highest BCUT2D eigenvalue weighted by atomic mass is 16.3. The van der Waals surface area contributed by atoms with Gasteiger partial charge in [-0.25, -0.2) is 0 Å². The average molecular weight is 665 g/mol. The highest BCUT2D eigenvalue weighted by Crippen LogP contribution is 2.42. The summed E-state index contributed by atoms with van der Waals surface area (Å²) in [6.07, 6.45) is 1.99. The maximum absolute atomic E-state index is 6.42. The predicted molar refractivity (Wildman–Crippen MR) is 218 cm³/mol. The molecule has 0 atom stereocenters. The van der Waals surface area contributed by atoms with Crippen LogP contribution in [0.3, 0.4) is 0 Å². The van der Waals surface area contributed by atoms with Gasteiger partial charge in [0.05, 0.1) is 5.69 Å². The molecule has 244 valence electrons. The van der Waals surface area contributed by atoms with Gasteiger partial charge in [0.25, 0.3) is 0 Å². The molecule has 2 heterocycles. The summed E-state index contributed by atoms with van der Waals surface area (Å²) in [6.45, 7) is 0. The molecule has 0 bridgehead atoms. The molecule has 10 aromatic rings. The van der Waals surface area contributed by atoms with E-state index in [1.807, 2.05) is 24.4 Å². The number of pyridine rings is 1. The van der Waals surface area contributed by atoms with Crippen LogP contribution < -0.4 is 4.90 Å². The Morgan fingerprint density at radius 3 is 1.65 bits per heavy atom. The second kappa shape index (κ2) is 12.4. The number of aromatic nitrogens is 1. The SMILES string of the molecule is c1ccc(-c2ccc(N(c3ccc(-c4ccc(-c5cccc6ccccc56)cc4)cc3)c3cccc4c3cnc3c5ccccc5oc43)cc2)cc1. The first kappa shape index (κ1) is 29.9. The zero-order valence-electron chi connectivity index (χ0n) is 28.3. The van der Waals surface area contributed by atoms with E-state index < -0.39 is 0 Å². The largest absolute Gasteiger partial charge is 0.454 e. The lowest BCUT2D eigenvalue weighted by Gasteiger charge is -2.27. The first-order valence-electron chi connectivity index (χ1n) is 17.6. The number of anilines is 3. The van der Waals surface area contributed by atoms with Crippen molar-refractivity contribution in [1.29, 1.82) is 0 Å². The zero-order chi connectivity index (χ0) is 34.4. The first-order valence-corrected chi connectivity index (χ1v) is 17.6. The van der Waals surface area contributed by atoms with E-state index in [1.54, 1.807) is 0 Å². The third-order valence-corrected chi connectivity index (χ3v) is 10.1. The van der Waals surface area contributed by atoms with Crippen molar-refractivity contribution in [2.24, 2.45) is 0 Å². The van der Waals surface area contributed by atoms with E-state index in [-0.39, 0.29) is 0 Å². The summed E-state index contributed by atoms with van der Waals surface area (Å²) < 4.78 is 6.42. The molecule has 2 aromatic heterocycles. The minimum absolute atomic E-state index is 0.808. The summed E-state index contributed by atoms with van der Waals surface area (Å²) in [6, 6.07) is 66.7. The van der Waals surface area contributed by atoms with Gasteiger partial charge in [0.15, 0.2) is 5.58 Å². The normalized spacial score (nSPS) is 11.5. The third kappa shape index (κ3) is 5.10. The van der Waals surface area contributed by atoms with E-state index in [0.717, 1.165) is 55.5 Å². The molecule has 0 saturated carbocycles. The van der Waals surface area contributed by atoms with Crippen molar-refractivity contribution in [3.8, 4) is 33.4 Å². The molecule has 0 amide bonds. The summed E-state index contributed by atoms with van der Waals surface area (Å²) >= 11 is 0. The summed E-state index contributed by atoms with van der Waals surface area (Å²) in [5.74, 6) is 0. The van der Waals surface area contributed by atoms with Crippen molar-refractivity contribution in [2.75, 3.05) is 4.90 Å². The summed E-state index contributed by atoms with van der Waals surface area (Å²) in [4.78, 5) is 7.28. The smallest absolute Gasteiger partial charge is 0.161 e. The lowest BCUT2D eigenvalue weighted by atomic mass is 9.96. The van der Waals surface area contributed by atoms with Crippen LogP contribution in [0, 0.1) is 0 Å². The van der Waals surface area contributed by atoms with Gasteiger partial charge in [0.1, 0.15) is 11.1 Å². The Balaban J connectivity index is 1.06. The Labute approximate surface area is 301 Å². The van der Waals surface area contributed by atoms with E-state index in [1.165, 1.54) is 38.6 Å². The molecule has 0 aliphatic rings. The number of nitrogens with zero attached hydrogens (tertiary/aromatic N) is 2. The van der Waals surface area contributed by atoms with Gasteiger partial charge in [0, 0.05) is 33.7 Å². The quantitative estimate of drug-likeness (QED) is 0.177. The van der Waals surface area contributed by atoms with Gasteiger partial charge >= 0.3 is 0 Å². The van der Waals surface area contributed by atoms with E-state index in [4.69, 9.17) is 9.40 Å². The number of fused-ring (bicyclic) bond motifs is 6. The topological polar surface area (TPSA) is 29.3 Å². The van der Waals surface area contributed by atoms with Crippen LogP contribution in [0.5, 0.6) is 0 Å². The second-order valence-corrected chi connectivity index (χ2v) is 13.2. The van der Waals surface area contributed by atoms with Crippen molar-refractivity contribution in [1.82, 2.24) is 4.98 Å². The number of rotatable bonds is 6. The summed E-state index contributed by atoms with van der Waals surface area (Å²) in [7, 11) is 0. The van der Waals surface area contributed by atoms with E-state index >= 15 is 0 Å².